The minimum absolute atomic E-state index is 0.127. The van der Waals surface area contributed by atoms with E-state index >= 15 is 0 Å². The molecule has 0 saturated heterocycles. The maximum Gasteiger partial charge on any atom is 0.119 e. The van der Waals surface area contributed by atoms with Gasteiger partial charge in [-0.15, -0.1) is 5.92 Å². The van der Waals surface area contributed by atoms with Crippen molar-refractivity contribution in [3.63, 3.8) is 0 Å². The zero-order valence-electron chi connectivity index (χ0n) is 11.9. The van der Waals surface area contributed by atoms with Gasteiger partial charge in [-0.05, 0) is 41.5 Å². The SMILES string of the molecule is CC#CCNC(CN)c1ccc2cc(OC)ccc2c1. The lowest BCUT2D eigenvalue weighted by molar-refractivity contribution is 0.415. The summed E-state index contributed by atoms with van der Waals surface area (Å²) in [5, 5.41) is 5.70. The zero-order valence-corrected chi connectivity index (χ0v) is 11.9. The van der Waals surface area contributed by atoms with Crippen molar-refractivity contribution in [2.24, 2.45) is 5.73 Å². The number of rotatable bonds is 5. The van der Waals surface area contributed by atoms with Crippen LogP contribution < -0.4 is 15.8 Å². The first-order chi connectivity index (χ1) is 9.78. The first-order valence-corrected chi connectivity index (χ1v) is 6.69. The van der Waals surface area contributed by atoms with E-state index < -0.39 is 0 Å². The fraction of sp³-hybridized carbons (Fsp3) is 0.294. The summed E-state index contributed by atoms with van der Waals surface area (Å²) in [5.41, 5.74) is 7.03. The van der Waals surface area contributed by atoms with Crippen molar-refractivity contribution in [1.29, 1.82) is 0 Å². The minimum atomic E-state index is 0.127. The summed E-state index contributed by atoms with van der Waals surface area (Å²) >= 11 is 0. The molecule has 0 saturated carbocycles. The summed E-state index contributed by atoms with van der Waals surface area (Å²) in [6, 6.07) is 12.6. The van der Waals surface area contributed by atoms with Crippen LogP contribution in [-0.2, 0) is 0 Å². The molecule has 3 nitrogen and oxygen atoms in total. The van der Waals surface area contributed by atoms with Crippen molar-refractivity contribution in [3.8, 4) is 17.6 Å². The minimum Gasteiger partial charge on any atom is -0.497 e. The van der Waals surface area contributed by atoms with Gasteiger partial charge in [0.2, 0.25) is 0 Å². The number of hydrogen-bond donors (Lipinski definition) is 2. The summed E-state index contributed by atoms with van der Waals surface area (Å²) in [7, 11) is 1.68. The molecule has 0 radical (unpaired) electrons. The molecule has 0 aliphatic carbocycles. The lowest BCUT2D eigenvalue weighted by Crippen LogP contribution is -2.28. The molecule has 3 heteroatoms. The van der Waals surface area contributed by atoms with E-state index in [1.165, 1.54) is 10.9 Å². The van der Waals surface area contributed by atoms with Crippen LogP contribution in [0.2, 0.25) is 0 Å². The van der Waals surface area contributed by atoms with Crippen molar-refractivity contribution in [2.45, 2.75) is 13.0 Å². The number of methoxy groups -OCH3 is 1. The third-order valence-corrected chi connectivity index (χ3v) is 3.32. The molecule has 0 fully saturated rings. The van der Waals surface area contributed by atoms with E-state index in [1.807, 2.05) is 19.1 Å². The van der Waals surface area contributed by atoms with Crippen molar-refractivity contribution >= 4 is 10.8 Å². The van der Waals surface area contributed by atoms with Gasteiger partial charge in [0.15, 0.2) is 0 Å². The summed E-state index contributed by atoms with van der Waals surface area (Å²) in [4.78, 5) is 0. The van der Waals surface area contributed by atoms with Gasteiger partial charge in [0.1, 0.15) is 5.75 Å². The van der Waals surface area contributed by atoms with E-state index in [0.717, 1.165) is 11.1 Å². The van der Waals surface area contributed by atoms with E-state index in [2.05, 4.69) is 41.4 Å². The smallest absolute Gasteiger partial charge is 0.119 e. The van der Waals surface area contributed by atoms with Crippen molar-refractivity contribution in [3.05, 3.63) is 42.0 Å². The van der Waals surface area contributed by atoms with Crippen LogP contribution in [0.25, 0.3) is 10.8 Å². The van der Waals surface area contributed by atoms with Crippen LogP contribution in [0.4, 0.5) is 0 Å². The van der Waals surface area contributed by atoms with Gasteiger partial charge in [0.25, 0.3) is 0 Å². The highest BCUT2D eigenvalue weighted by Crippen LogP contribution is 2.24. The quantitative estimate of drug-likeness (QED) is 0.819. The molecular weight excluding hydrogens is 248 g/mol. The second-order valence-electron chi connectivity index (χ2n) is 4.57. The van der Waals surface area contributed by atoms with Crippen LogP contribution in [-0.4, -0.2) is 20.2 Å². The molecule has 0 aliphatic rings. The largest absolute Gasteiger partial charge is 0.497 e. The summed E-state index contributed by atoms with van der Waals surface area (Å²) in [6.07, 6.45) is 0. The molecule has 2 aromatic carbocycles. The molecule has 0 aromatic heterocycles. The molecule has 1 unspecified atom stereocenters. The first kappa shape index (κ1) is 14.4. The molecule has 2 rings (SSSR count). The number of nitrogens with one attached hydrogen (secondary N) is 1. The highest BCUT2D eigenvalue weighted by atomic mass is 16.5. The van der Waals surface area contributed by atoms with Crippen molar-refractivity contribution in [2.75, 3.05) is 20.2 Å². The van der Waals surface area contributed by atoms with Crippen LogP contribution in [0.15, 0.2) is 36.4 Å². The van der Waals surface area contributed by atoms with Crippen LogP contribution in [0.1, 0.15) is 18.5 Å². The predicted molar refractivity (Wildman–Crippen MR) is 83.7 cm³/mol. The van der Waals surface area contributed by atoms with Gasteiger partial charge in [0.05, 0.1) is 13.7 Å². The van der Waals surface area contributed by atoms with Crippen molar-refractivity contribution < 1.29 is 4.74 Å². The van der Waals surface area contributed by atoms with Gasteiger partial charge in [-0.1, -0.05) is 24.1 Å². The average Bonchev–Trinajstić information content (AvgIpc) is 2.50. The Kier molecular flexibility index (Phi) is 5.00. The second-order valence-corrected chi connectivity index (χ2v) is 4.57. The van der Waals surface area contributed by atoms with Crippen LogP contribution in [0.5, 0.6) is 5.75 Å². The van der Waals surface area contributed by atoms with Crippen LogP contribution >= 0.6 is 0 Å². The fourth-order valence-electron chi connectivity index (χ4n) is 2.19. The van der Waals surface area contributed by atoms with E-state index in [4.69, 9.17) is 10.5 Å². The monoisotopic (exact) mass is 268 g/mol. The molecular formula is C17H20N2O. The molecule has 2 aromatic rings. The summed E-state index contributed by atoms with van der Waals surface area (Å²) in [5.74, 6) is 6.75. The van der Waals surface area contributed by atoms with Crippen molar-refractivity contribution in [1.82, 2.24) is 5.32 Å². The molecule has 0 heterocycles. The maximum absolute atomic E-state index is 5.85. The molecule has 1 atom stereocenters. The third-order valence-electron chi connectivity index (χ3n) is 3.32. The lowest BCUT2D eigenvalue weighted by Gasteiger charge is -2.16. The molecule has 104 valence electrons. The summed E-state index contributed by atoms with van der Waals surface area (Å²) in [6.45, 7) is 3.04. The zero-order chi connectivity index (χ0) is 14.4. The molecule has 20 heavy (non-hydrogen) atoms. The molecule has 0 aliphatic heterocycles. The molecule has 3 N–H and O–H groups in total. The normalized spacial score (nSPS) is 11.8. The third kappa shape index (κ3) is 3.30. The second kappa shape index (κ2) is 6.95. The topological polar surface area (TPSA) is 47.3 Å². The molecule has 0 bridgehead atoms. The van der Waals surface area contributed by atoms with E-state index in [9.17, 15) is 0 Å². The van der Waals surface area contributed by atoms with Gasteiger partial charge in [0, 0.05) is 12.6 Å². The van der Waals surface area contributed by atoms with E-state index in [-0.39, 0.29) is 6.04 Å². The number of hydrogen-bond acceptors (Lipinski definition) is 3. The lowest BCUT2D eigenvalue weighted by atomic mass is 10.0. The van der Waals surface area contributed by atoms with Gasteiger partial charge in [-0.2, -0.15) is 0 Å². The molecule has 0 spiro atoms. The maximum atomic E-state index is 5.85. The highest BCUT2D eigenvalue weighted by Gasteiger charge is 2.09. The number of fused-ring (bicyclic) bond motifs is 1. The van der Waals surface area contributed by atoms with Gasteiger partial charge in [-0.3, -0.25) is 5.32 Å². The Hall–Kier alpha value is -2.02. The first-order valence-electron chi connectivity index (χ1n) is 6.69. The standard InChI is InChI=1S/C17H20N2O/c1-3-4-9-19-17(12-18)15-6-5-14-11-16(20-2)8-7-13(14)10-15/h5-8,10-11,17,19H,9,12,18H2,1-2H3. The Morgan fingerprint density at radius 3 is 2.65 bits per heavy atom. The Balaban J connectivity index is 2.26. The molecule has 0 amide bonds. The van der Waals surface area contributed by atoms with Crippen LogP contribution in [0, 0.1) is 11.8 Å². The van der Waals surface area contributed by atoms with Crippen LogP contribution in [0.3, 0.4) is 0 Å². The Labute approximate surface area is 120 Å². The van der Waals surface area contributed by atoms with Gasteiger partial charge >= 0.3 is 0 Å². The highest BCUT2D eigenvalue weighted by molar-refractivity contribution is 5.84. The number of ether oxygens (including phenoxy) is 1. The Morgan fingerprint density at radius 1 is 1.20 bits per heavy atom. The number of benzene rings is 2. The Morgan fingerprint density at radius 2 is 1.95 bits per heavy atom. The fourth-order valence-corrected chi connectivity index (χ4v) is 2.19. The number of nitrogens with two attached hydrogens (primary N) is 1. The predicted octanol–water partition coefficient (Wildman–Crippen LogP) is 2.46. The van der Waals surface area contributed by atoms with E-state index in [1.54, 1.807) is 7.11 Å². The Bertz CT molecular complexity index is 640. The average molecular weight is 268 g/mol. The van der Waals surface area contributed by atoms with Gasteiger partial charge < -0.3 is 10.5 Å². The summed E-state index contributed by atoms with van der Waals surface area (Å²) < 4.78 is 5.24. The van der Waals surface area contributed by atoms with E-state index in [0.29, 0.717) is 13.1 Å². The van der Waals surface area contributed by atoms with Gasteiger partial charge in [-0.25, -0.2) is 0 Å².